The summed E-state index contributed by atoms with van der Waals surface area (Å²) in [6.45, 7) is 3.52. The fraction of sp³-hybridized carbons (Fsp3) is 0.214. The minimum Gasteiger partial charge on any atom is -0.478 e. The van der Waals surface area contributed by atoms with E-state index in [9.17, 15) is 4.79 Å². The van der Waals surface area contributed by atoms with E-state index in [4.69, 9.17) is 15.9 Å². The van der Waals surface area contributed by atoms with Crippen LogP contribution in [0.2, 0.25) is 0 Å². The van der Waals surface area contributed by atoms with E-state index in [-0.39, 0.29) is 5.71 Å². The largest absolute Gasteiger partial charge is 0.478 e. The van der Waals surface area contributed by atoms with Crippen LogP contribution in [0.1, 0.15) is 18.1 Å². The molecule has 0 atom stereocenters. The van der Waals surface area contributed by atoms with E-state index in [1.165, 1.54) is 11.8 Å². The number of aliphatic carboxylic acids is 1. The van der Waals surface area contributed by atoms with Gasteiger partial charge in [-0.2, -0.15) is 0 Å². The van der Waals surface area contributed by atoms with E-state index < -0.39 is 5.97 Å². The molecular formula is C14H16N2O2S. The van der Waals surface area contributed by atoms with Crippen molar-refractivity contribution in [1.82, 2.24) is 0 Å². The van der Waals surface area contributed by atoms with Crippen molar-refractivity contribution in [2.75, 3.05) is 5.75 Å². The van der Waals surface area contributed by atoms with Gasteiger partial charge < -0.3 is 15.9 Å². The number of aryl methyl sites for hydroxylation is 1. The van der Waals surface area contributed by atoms with Gasteiger partial charge in [0, 0.05) is 22.4 Å². The highest BCUT2D eigenvalue weighted by atomic mass is 32.2. The Kier molecular flexibility index (Phi) is 5.51. The van der Waals surface area contributed by atoms with Gasteiger partial charge in [-0.15, -0.1) is 11.8 Å². The molecule has 1 rings (SSSR count). The van der Waals surface area contributed by atoms with Crippen LogP contribution >= 0.6 is 11.8 Å². The first-order chi connectivity index (χ1) is 8.90. The molecule has 0 aromatic heterocycles. The van der Waals surface area contributed by atoms with Gasteiger partial charge >= 0.3 is 5.97 Å². The van der Waals surface area contributed by atoms with Gasteiger partial charge in [0.2, 0.25) is 0 Å². The smallest absolute Gasteiger partial charge is 0.328 e. The molecule has 0 spiro atoms. The van der Waals surface area contributed by atoms with Crippen molar-refractivity contribution in [3.05, 3.63) is 35.4 Å². The average Bonchev–Trinajstić information content (AvgIpc) is 2.34. The Morgan fingerprint density at radius 3 is 2.63 bits per heavy atom. The second kappa shape index (κ2) is 6.89. The van der Waals surface area contributed by atoms with Crippen molar-refractivity contribution in [3.63, 3.8) is 0 Å². The number of carboxylic acids is 1. The zero-order valence-electron chi connectivity index (χ0n) is 10.9. The van der Waals surface area contributed by atoms with E-state index in [1.54, 1.807) is 13.0 Å². The Labute approximate surface area is 116 Å². The number of hydrogen-bond donors (Lipinski definition) is 3. The molecule has 0 saturated carbocycles. The molecule has 0 aliphatic heterocycles. The maximum Gasteiger partial charge on any atom is 0.328 e. The summed E-state index contributed by atoms with van der Waals surface area (Å²) < 4.78 is 0. The second-order valence-electron chi connectivity index (χ2n) is 4.08. The summed E-state index contributed by atoms with van der Waals surface area (Å²) in [7, 11) is 0. The number of carbonyl (C=O) groups is 1. The second-order valence-corrected chi connectivity index (χ2v) is 5.13. The summed E-state index contributed by atoms with van der Waals surface area (Å²) in [5.41, 5.74) is 2.45. The lowest BCUT2D eigenvalue weighted by Gasteiger charge is -2.06. The minimum atomic E-state index is -0.965. The summed E-state index contributed by atoms with van der Waals surface area (Å²) in [5.74, 6) is -0.494. The quantitative estimate of drug-likeness (QED) is 0.423. The summed E-state index contributed by atoms with van der Waals surface area (Å²) in [4.78, 5) is 11.5. The zero-order valence-corrected chi connectivity index (χ0v) is 11.7. The third-order valence-corrected chi connectivity index (χ3v) is 3.50. The van der Waals surface area contributed by atoms with Crippen LogP contribution in [0.15, 0.2) is 29.2 Å². The first-order valence-corrected chi connectivity index (χ1v) is 6.66. The highest BCUT2D eigenvalue weighted by molar-refractivity contribution is 8.00. The molecule has 3 N–H and O–H groups in total. The molecule has 0 radical (unpaired) electrons. The van der Waals surface area contributed by atoms with Gasteiger partial charge in [0.25, 0.3) is 0 Å². The Bertz CT molecular complexity index is 550. The summed E-state index contributed by atoms with van der Waals surface area (Å²) in [6, 6.07) is 5.71. The fourth-order valence-corrected chi connectivity index (χ4v) is 2.30. The molecule has 0 aliphatic rings. The molecule has 4 nitrogen and oxygen atoms in total. The molecular weight excluding hydrogens is 260 g/mol. The molecule has 0 aliphatic carbocycles. The fourth-order valence-electron chi connectivity index (χ4n) is 1.35. The highest BCUT2D eigenvalue weighted by Crippen LogP contribution is 2.22. The standard InChI is InChI=1S/C14H16N2O2S/c1-9-7-12(19-8-13(16)10(2)15)5-3-11(9)4-6-14(17)18/h3-7,15-16H,8H2,1-2H3,(H,17,18)/b6-4+,15-10?,16-13?. The number of rotatable bonds is 6. The zero-order chi connectivity index (χ0) is 14.4. The van der Waals surface area contributed by atoms with Crippen LogP contribution in [0.4, 0.5) is 0 Å². The number of hydrogen-bond acceptors (Lipinski definition) is 4. The van der Waals surface area contributed by atoms with E-state index in [2.05, 4.69) is 0 Å². The molecule has 0 bridgehead atoms. The van der Waals surface area contributed by atoms with E-state index >= 15 is 0 Å². The van der Waals surface area contributed by atoms with Crippen molar-refractivity contribution < 1.29 is 9.90 Å². The number of benzene rings is 1. The Hall–Kier alpha value is -1.88. The van der Waals surface area contributed by atoms with Crippen LogP contribution in [0.25, 0.3) is 6.08 Å². The maximum absolute atomic E-state index is 10.5. The number of carboxylic acid groups (broad SMARTS) is 1. The summed E-state index contributed by atoms with van der Waals surface area (Å²) in [5, 5.41) is 23.5. The first-order valence-electron chi connectivity index (χ1n) is 5.67. The molecule has 5 heteroatoms. The Morgan fingerprint density at radius 1 is 1.42 bits per heavy atom. The molecule has 19 heavy (non-hydrogen) atoms. The van der Waals surface area contributed by atoms with Gasteiger partial charge in [-0.3, -0.25) is 0 Å². The number of nitrogens with one attached hydrogen (secondary N) is 2. The van der Waals surface area contributed by atoms with Gasteiger partial charge in [-0.1, -0.05) is 6.07 Å². The Morgan fingerprint density at radius 2 is 2.11 bits per heavy atom. The minimum absolute atomic E-state index is 0.283. The summed E-state index contributed by atoms with van der Waals surface area (Å²) in [6.07, 6.45) is 2.68. The predicted octanol–water partition coefficient (Wildman–Crippen LogP) is 3.24. The van der Waals surface area contributed by atoms with Gasteiger partial charge in [-0.25, -0.2) is 4.79 Å². The van der Waals surface area contributed by atoms with Crippen LogP contribution in [-0.2, 0) is 4.79 Å². The van der Waals surface area contributed by atoms with Crippen LogP contribution in [-0.4, -0.2) is 28.3 Å². The van der Waals surface area contributed by atoms with Crippen LogP contribution in [0.3, 0.4) is 0 Å². The average molecular weight is 276 g/mol. The lowest BCUT2D eigenvalue weighted by Crippen LogP contribution is -2.09. The van der Waals surface area contributed by atoms with Crippen molar-refractivity contribution >= 4 is 35.2 Å². The van der Waals surface area contributed by atoms with Gasteiger partial charge in [0.05, 0.1) is 5.71 Å². The monoisotopic (exact) mass is 276 g/mol. The van der Waals surface area contributed by atoms with E-state index in [1.807, 2.05) is 25.1 Å². The number of thioether (sulfide) groups is 1. The maximum atomic E-state index is 10.5. The molecule has 0 unspecified atom stereocenters. The van der Waals surface area contributed by atoms with Crippen molar-refractivity contribution in [3.8, 4) is 0 Å². The van der Waals surface area contributed by atoms with Crippen LogP contribution in [0.5, 0.6) is 0 Å². The molecule has 0 saturated heterocycles. The molecule has 0 heterocycles. The third kappa shape index (κ3) is 5.09. The molecule has 1 aromatic rings. The van der Waals surface area contributed by atoms with Crippen molar-refractivity contribution in [1.29, 1.82) is 10.8 Å². The van der Waals surface area contributed by atoms with E-state index in [0.717, 1.165) is 22.1 Å². The first kappa shape index (κ1) is 15.2. The lowest BCUT2D eigenvalue weighted by atomic mass is 10.1. The van der Waals surface area contributed by atoms with Crippen LogP contribution < -0.4 is 0 Å². The topological polar surface area (TPSA) is 85.0 Å². The predicted molar refractivity (Wildman–Crippen MR) is 79.7 cm³/mol. The molecule has 0 amide bonds. The lowest BCUT2D eigenvalue weighted by molar-refractivity contribution is -0.131. The molecule has 100 valence electrons. The van der Waals surface area contributed by atoms with E-state index in [0.29, 0.717) is 11.5 Å². The SMILES string of the molecule is CC(=N)C(=N)CSc1ccc(/C=C/C(=O)O)c(C)c1. The summed E-state index contributed by atoms with van der Waals surface area (Å²) >= 11 is 1.50. The Balaban J connectivity index is 2.74. The van der Waals surface area contributed by atoms with Crippen molar-refractivity contribution in [2.45, 2.75) is 18.7 Å². The normalized spacial score (nSPS) is 10.6. The molecule has 1 aromatic carbocycles. The highest BCUT2D eigenvalue weighted by Gasteiger charge is 2.03. The molecule has 0 fully saturated rings. The van der Waals surface area contributed by atoms with Crippen LogP contribution in [0, 0.1) is 17.7 Å². The van der Waals surface area contributed by atoms with Gasteiger partial charge in [0.15, 0.2) is 0 Å². The van der Waals surface area contributed by atoms with Crippen molar-refractivity contribution in [2.24, 2.45) is 0 Å². The van der Waals surface area contributed by atoms with Gasteiger partial charge in [-0.05, 0) is 43.2 Å². The van der Waals surface area contributed by atoms with Gasteiger partial charge in [0.1, 0.15) is 0 Å². The third-order valence-electron chi connectivity index (χ3n) is 2.48.